The van der Waals surface area contributed by atoms with Crippen LogP contribution in [-0.2, 0) is 17.9 Å². The number of hydrogen-bond donors (Lipinski definition) is 2. The van der Waals surface area contributed by atoms with Crippen molar-refractivity contribution in [2.75, 3.05) is 5.32 Å². The highest BCUT2D eigenvalue weighted by Crippen LogP contribution is 2.36. The van der Waals surface area contributed by atoms with Gasteiger partial charge in [0.05, 0.1) is 12.5 Å². The molecule has 2 aliphatic rings. The Labute approximate surface area is 167 Å². The lowest BCUT2D eigenvalue weighted by Crippen LogP contribution is -2.30. The maximum Gasteiger partial charge on any atom is 0.322 e. The fraction of sp³-hybridized carbons (Fsp3) is 0.364. The molecule has 0 bridgehead atoms. The monoisotopic (exact) mass is 400 g/mol. The van der Waals surface area contributed by atoms with Crippen molar-refractivity contribution in [2.24, 2.45) is 5.92 Å². The van der Waals surface area contributed by atoms with Crippen molar-refractivity contribution in [3.63, 3.8) is 0 Å². The molecule has 0 unspecified atom stereocenters. The van der Waals surface area contributed by atoms with E-state index in [0.29, 0.717) is 35.6 Å². The third-order valence-electron chi connectivity index (χ3n) is 5.96. The van der Waals surface area contributed by atoms with Crippen LogP contribution in [0, 0.1) is 17.6 Å². The summed E-state index contributed by atoms with van der Waals surface area (Å²) in [5.41, 5.74) is 2.61. The van der Waals surface area contributed by atoms with E-state index in [1.54, 1.807) is 0 Å². The van der Waals surface area contributed by atoms with Crippen molar-refractivity contribution < 1.29 is 23.5 Å². The molecule has 0 spiro atoms. The van der Waals surface area contributed by atoms with E-state index in [9.17, 15) is 18.4 Å². The molecule has 0 atom stereocenters. The predicted molar refractivity (Wildman–Crippen MR) is 103 cm³/mol. The van der Waals surface area contributed by atoms with Gasteiger partial charge in [-0.2, -0.15) is 0 Å². The summed E-state index contributed by atoms with van der Waals surface area (Å²) in [5.74, 6) is -1.89. The summed E-state index contributed by atoms with van der Waals surface area (Å²) in [7, 11) is 0. The van der Waals surface area contributed by atoms with Gasteiger partial charge < -0.3 is 15.3 Å². The van der Waals surface area contributed by atoms with Gasteiger partial charge in [-0.05, 0) is 60.9 Å². The lowest BCUT2D eigenvalue weighted by molar-refractivity contribution is -0.142. The Kier molecular flexibility index (Phi) is 5.22. The molecule has 4 rings (SSSR count). The van der Waals surface area contributed by atoms with Gasteiger partial charge in [-0.15, -0.1) is 0 Å². The standard InChI is InChI=1S/C22H22F2N2O3/c23-17-9-16-11-26(12-19(16)20(24)10-17)22(29)25-18-7-5-14(6-8-18)13-1-3-15(4-2-13)21(27)28/h5-10,13,15H,1-4,11-12H2,(H,25,29)(H,27,28). The summed E-state index contributed by atoms with van der Waals surface area (Å²) >= 11 is 0. The normalized spacial score (nSPS) is 21.0. The highest BCUT2D eigenvalue weighted by molar-refractivity contribution is 5.89. The molecule has 7 heteroatoms. The molecule has 2 aromatic carbocycles. The molecular weight excluding hydrogens is 378 g/mol. The van der Waals surface area contributed by atoms with Gasteiger partial charge in [-0.25, -0.2) is 13.6 Å². The molecule has 1 saturated carbocycles. The molecular formula is C22H22F2N2O3. The number of carbonyl (C=O) groups excluding carboxylic acids is 1. The average molecular weight is 400 g/mol. The third kappa shape index (κ3) is 4.09. The minimum atomic E-state index is -0.715. The Morgan fingerprint density at radius 2 is 1.69 bits per heavy atom. The number of fused-ring (bicyclic) bond motifs is 1. The molecule has 1 aliphatic carbocycles. The quantitative estimate of drug-likeness (QED) is 0.772. The van der Waals surface area contributed by atoms with Crippen molar-refractivity contribution >= 4 is 17.7 Å². The summed E-state index contributed by atoms with van der Waals surface area (Å²) < 4.78 is 27.2. The summed E-state index contributed by atoms with van der Waals surface area (Å²) in [6.45, 7) is 0.277. The van der Waals surface area contributed by atoms with Gasteiger partial charge >= 0.3 is 12.0 Å². The lowest BCUT2D eigenvalue weighted by atomic mass is 9.79. The van der Waals surface area contributed by atoms with Crippen molar-refractivity contribution in [1.82, 2.24) is 4.90 Å². The summed E-state index contributed by atoms with van der Waals surface area (Å²) in [6.07, 6.45) is 3.06. The van der Waals surface area contributed by atoms with Crippen molar-refractivity contribution in [3.05, 3.63) is 64.7 Å². The van der Waals surface area contributed by atoms with Crippen LogP contribution in [0.2, 0.25) is 0 Å². The van der Waals surface area contributed by atoms with Gasteiger partial charge in [0.1, 0.15) is 11.6 Å². The lowest BCUT2D eigenvalue weighted by Gasteiger charge is -2.26. The van der Waals surface area contributed by atoms with E-state index >= 15 is 0 Å². The van der Waals surface area contributed by atoms with Crippen LogP contribution in [0.1, 0.15) is 48.3 Å². The third-order valence-corrected chi connectivity index (χ3v) is 5.96. The number of nitrogens with one attached hydrogen (secondary N) is 1. The van der Waals surface area contributed by atoms with E-state index in [4.69, 9.17) is 5.11 Å². The van der Waals surface area contributed by atoms with Gasteiger partial charge in [0.2, 0.25) is 0 Å². The summed E-state index contributed by atoms with van der Waals surface area (Å²) in [4.78, 5) is 25.0. The Morgan fingerprint density at radius 1 is 1.00 bits per heavy atom. The number of anilines is 1. The number of urea groups is 1. The molecule has 1 fully saturated rings. The van der Waals surface area contributed by atoms with Crippen LogP contribution < -0.4 is 5.32 Å². The van der Waals surface area contributed by atoms with Crippen LogP contribution in [0.25, 0.3) is 0 Å². The summed E-state index contributed by atoms with van der Waals surface area (Å²) in [6, 6.07) is 9.28. The van der Waals surface area contributed by atoms with E-state index in [-0.39, 0.29) is 25.0 Å². The Bertz CT molecular complexity index is 938. The predicted octanol–water partition coefficient (Wildman–Crippen LogP) is 4.87. The summed E-state index contributed by atoms with van der Waals surface area (Å²) in [5, 5.41) is 11.9. The minimum absolute atomic E-state index is 0.109. The minimum Gasteiger partial charge on any atom is -0.481 e. The first kappa shape index (κ1) is 19.4. The van der Waals surface area contributed by atoms with Crippen molar-refractivity contribution in [1.29, 1.82) is 0 Å². The largest absolute Gasteiger partial charge is 0.481 e. The molecule has 1 aliphatic heterocycles. The molecule has 152 valence electrons. The molecule has 0 radical (unpaired) electrons. The highest BCUT2D eigenvalue weighted by Gasteiger charge is 2.28. The first-order chi connectivity index (χ1) is 13.9. The van der Waals surface area contributed by atoms with Gasteiger partial charge in [0, 0.05) is 23.9 Å². The number of amides is 2. The zero-order valence-electron chi connectivity index (χ0n) is 15.8. The van der Waals surface area contributed by atoms with Gasteiger partial charge in [-0.1, -0.05) is 12.1 Å². The SMILES string of the molecule is O=C(O)C1CCC(c2ccc(NC(=O)N3Cc4cc(F)cc(F)c4C3)cc2)CC1. The second-order valence-corrected chi connectivity index (χ2v) is 7.82. The zero-order chi connectivity index (χ0) is 20.5. The second-order valence-electron chi connectivity index (χ2n) is 7.82. The molecule has 2 amide bonds. The number of carbonyl (C=O) groups is 2. The second kappa shape index (κ2) is 7.81. The number of rotatable bonds is 3. The van der Waals surface area contributed by atoms with Gasteiger partial charge in [0.15, 0.2) is 0 Å². The maximum absolute atomic E-state index is 13.9. The van der Waals surface area contributed by atoms with Gasteiger partial charge in [-0.3, -0.25) is 4.79 Å². The number of aliphatic carboxylic acids is 1. The number of carboxylic acids is 1. The van der Waals surface area contributed by atoms with Crippen molar-refractivity contribution in [3.8, 4) is 0 Å². The number of halogens is 2. The number of carboxylic acid groups (broad SMARTS) is 1. The van der Waals surface area contributed by atoms with Crippen LogP contribution in [0.5, 0.6) is 0 Å². The molecule has 1 heterocycles. The van der Waals surface area contributed by atoms with E-state index in [2.05, 4.69) is 5.32 Å². The Hall–Kier alpha value is -2.96. The van der Waals surface area contributed by atoms with Crippen LogP contribution in [0.15, 0.2) is 36.4 Å². The van der Waals surface area contributed by atoms with Gasteiger partial charge in [0.25, 0.3) is 0 Å². The smallest absolute Gasteiger partial charge is 0.322 e. The fourth-order valence-electron chi connectivity index (χ4n) is 4.29. The number of hydrogen-bond acceptors (Lipinski definition) is 2. The Balaban J connectivity index is 1.35. The van der Waals surface area contributed by atoms with Crippen LogP contribution >= 0.6 is 0 Å². The molecule has 29 heavy (non-hydrogen) atoms. The average Bonchev–Trinajstić information content (AvgIpc) is 3.13. The Morgan fingerprint density at radius 3 is 2.34 bits per heavy atom. The van der Waals surface area contributed by atoms with E-state index in [1.165, 1.54) is 11.0 Å². The zero-order valence-corrected chi connectivity index (χ0v) is 15.8. The topological polar surface area (TPSA) is 69.6 Å². The fourth-order valence-corrected chi connectivity index (χ4v) is 4.29. The first-order valence-corrected chi connectivity index (χ1v) is 9.76. The van der Waals surface area contributed by atoms with E-state index < -0.39 is 17.6 Å². The van der Waals surface area contributed by atoms with E-state index in [0.717, 1.165) is 24.5 Å². The van der Waals surface area contributed by atoms with Crippen LogP contribution in [0.3, 0.4) is 0 Å². The number of benzene rings is 2. The molecule has 2 N–H and O–H groups in total. The van der Waals surface area contributed by atoms with Crippen LogP contribution in [-0.4, -0.2) is 22.0 Å². The highest BCUT2D eigenvalue weighted by atomic mass is 19.1. The molecule has 0 saturated heterocycles. The first-order valence-electron chi connectivity index (χ1n) is 9.76. The number of nitrogens with zero attached hydrogens (tertiary/aromatic N) is 1. The van der Waals surface area contributed by atoms with E-state index in [1.807, 2.05) is 24.3 Å². The molecule has 2 aromatic rings. The maximum atomic E-state index is 13.9. The van der Waals surface area contributed by atoms with Crippen LogP contribution in [0.4, 0.5) is 19.3 Å². The molecule has 0 aromatic heterocycles. The van der Waals surface area contributed by atoms with Crippen molar-refractivity contribution in [2.45, 2.75) is 44.7 Å². The molecule has 5 nitrogen and oxygen atoms in total.